The highest BCUT2D eigenvalue weighted by Gasteiger charge is 2.21. The standard InChI is InChI=1S/C24H24N2O5/c1-3-4-11-29-24(28)16-5-8-19(9-6-16)25-23(27)20-14-22(31-26-20)17-7-10-21-18(13-17)12-15(2)30-21/h5-10,13-15H,3-4,11-12H2,1-2H3,(H,25,27). The van der Waals surface area contributed by atoms with Crippen molar-refractivity contribution in [3.8, 4) is 17.1 Å². The van der Waals surface area contributed by atoms with E-state index in [9.17, 15) is 9.59 Å². The van der Waals surface area contributed by atoms with E-state index in [0.717, 1.165) is 36.1 Å². The van der Waals surface area contributed by atoms with Crippen molar-refractivity contribution in [2.75, 3.05) is 11.9 Å². The molecule has 3 aromatic rings. The lowest BCUT2D eigenvalue weighted by Gasteiger charge is -2.06. The number of carbonyl (C=O) groups excluding carboxylic acids is 2. The van der Waals surface area contributed by atoms with E-state index >= 15 is 0 Å². The second-order valence-electron chi connectivity index (χ2n) is 7.55. The Labute approximate surface area is 180 Å². The largest absolute Gasteiger partial charge is 0.490 e. The number of carbonyl (C=O) groups is 2. The number of ether oxygens (including phenoxy) is 2. The van der Waals surface area contributed by atoms with E-state index in [1.807, 2.05) is 32.0 Å². The minimum Gasteiger partial charge on any atom is -0.490 e. The van der Waals surface area contributed by atoms with Gasteiger partial charge in [-0.2, -0.15) is 0 Å². The zero-order valence-electron chi connectivity index (χ0n) is 17.5. The molecule has 0 radical (unpaired) electrons. The molecule has 1 amide bonds. The summed E-state index contributed by atoms with van der Waals surface area (Å²) >= 11 is 0. The predicted molar refractivity (Wildman–Crippen MR) is 115 cm³/mol. The van der Waals surface area contributed by atoms with Crippen molar-refractivity contribution in [1.29, 1.82) is 0 Å². The second kappa shape index (κ2) is 9.04. The molecule has 0 saturated heterocycles. The van der Waals surface area contributed by atoms with Crippen molar-refractivity contribution < 1.29 is 23.6 Å². The average molecular weight is 420 g/mol. The van der Waals surface area contributed by atoms with Crippen LogP contribution in [-0.4, -0.2) is 29.7 Å². The summed E-state index contributed by atoms with van der Waals surface area (Å²) in [7, 11) is 0. The van der Waals surface area contributed by atoms with Gasteiger partial charge in [-0.25, -0.2) is 4.79 Å². The SMILES string of the molecule is CCCCOC(=O)c1ccc(NC(=O)c2cc(-c3ccc4c(c3)CC(C)O4)on2)cc1. The summed E-state index contributed by atoms with van der Waals surface area (Å²) in [5, 5.41) is 6.65. The zero-order chi connectivity index (χ0) is 21.8. The summed E-state index contributed by atoms with van der Waals surface area (Å²) in [6, 6.07) is 13.9. The van der Waals surface area contributed by atoms with Crippen LogP contribution in [0.25, 0.3) is 11.3 Å². The van der Waals surface area contributed by atoms with Crippen LogP contribution >= 0.6 is 0 Å². The highest BCUT2D eigenvalue weighted by Crippen LogP contribution is 2.33. The van der Waals surface area contributed by atoms with E-state index in [1.165, 1.54) is 0 Å². The number of benzene rings is 2. The van der Waals surface area contributed by atoms with Crippen molar-refractivity contribution in [3.63, 3.8) is 0 Å². The summed E-state index contributed by atoms with van der Waals surface area (Å²) in [6.07, 6.45) is 2.79. The Morgan fingerprint density at radius 1 is 1.16 bits per heavy atom. The van der Waals surface area contributed by atoms with Crippen molar-refractivity contribution in [1.82, 2.24) is 5.16 Å². The second-order valence-corrected chi connectivity index (χ2v) is 7.55. The summed E-state index contributed by atoms with van der Waals surface area (Å²) in [6.45, 7) is 4.46. The Morgan fingerprint density at radius 3 is 2.74 bits per heavy atom. The number of esters is 1. The van der Waals surface area contributed by atoms with E-state index in [2.05, 4.69) is 10.5 Å². The first-order chi connectivity index (χ1) is 15.0. The van der Waals surface area contributed by atoms with Gasteiger partial charge in [0.05, 0.1) is 12.2 Å². The minimum absolute atomic E-state index is 0.158. The molecule has 160 valence electrons. The first kappa shape index (κ1) is 20.7. The Kier molecular flexibility index (Phi) is 6.02. The molecule has 1 N–H and O–H groups in total. The van der Waals surface area contributed by atoms with Crippen molar-refractivity contribution in [3.05, 3.63) is 65.4 Å². The van der Waals surface area contributed by atoms with Crippen LogP contribution in [0, 0.1) is 0 Å². The maximum Gasteiger partial charge on any atom is 0.338 e. The number of hydrogen-bond acceptors (Lipinski definition) is 6. The molecule has 0 bridgehead atoms. The predicted octanol–water partition coefficient (Wildman–Crippen LogP) is 4.87. The summed E-state index contributed by atoms with van der Waals surface area (Å²) in [5.74, 6) is 0.622. The van der Waals surface area contributed by atoms with Crippen LogP contribution in [0.5, 0.6) is 5.75 Å². The lowest BCUT2D eigenvalue weighted by atomic mass is 10.1. The fourth-order valence-electron chi connectivity index (χ4n) is 3.37. The molecule has 1 atom stereocenters. The Morgan fingerprint density at radius 2 is 1.97 bits per heavy atom. The molecule has 7 heteroatoms. The number of hydrogen-bond donors (Lipinski definition) is 1. The third kappa shape index (κ3) is 4.77. The van der Waals surface area contributed by atoms with Crippen LogP contribution in [0.4, 0.5) is 5.69 Å². The van der Waals surface area contributed by atoms with Crippen LogP contribution in [0.15, 0.2) is 53.1 Å². The molecule has 1 aliphatic heterocycles. The number of nitrogens with one attached hydrogen (secondary N) is 1. The molecule has 1 aliphatic rings. The number of aromatic nitrogens is 1. The Hall–Kier alpha value is -3.61. The van der Waals surface area contributed by atoms with E-state index in [4.69, 9.17) is 14.0 Å². The van der Waals surface area contributed by atoms with Gasteiger partial charge in [0.25, 0.3) is 5.91 Å². The monoisotopic (exact) mass is 420 g/mol. The van der Waals surface area contributed by atoms with Gasteiger partial charge in [-0.1, -0.05) is 18.5 Å². The molecular weight excluding hydrogens is 396 g/mol. The first-order valence-corrected chi connectivity index (χ1v) is 10.4. The number of fused-ring (bicyclic) bond motifs is 1. The third-order valence-electron chi connectivity index (χ3n) is 5.03. The summed E-state index contributed by atoms with van der Waals surface area (Å²) in [4.78, 5) is 24.5. The van der Waals surface area contributed by atoms with Gasteiger partial charge >= 0.3 is 5.97 Å². The topological polar surface area (TPSA) is 90.7 Å². The van der Waals surface area contributed by atoms with E-state index in [0.29, 0.717) is 23.6 Å². The molecule has 7 nitrogen and oxygen atoms in total. The zero-order valence-corrected chi connectivity index (χ0v) is 17.5. The maximum absolute atomic E-state index is 12.5. The Bertz CT molecular complexity index is 1090. The molecule has 0 aliphatic carbocycles. The maximum atomic E-state index is 12.5. The fraction of sp³-hybridized carbons (Fsp3) is 0.292. The van der Waals surface area contributed by atoms with Crippen LogP contribution in [-0.2, 0) is 11.2 Å². The van der Waals surface area contributed by atoms with Crippen molar-refractivity contribution in [2.24, 2.45) is 0 Å². The molecule has 1 unspecified atom stereocenters. The number of anilines is 1. The molecule has 1 aromatic heterocycles. The van der Waals surface area contributed by atoms with Crippen LogP contribution in [0.2, 0.25) is 0 Å². The third-order valence-corrected chi connectivity index (χ3v) is 5.03. The average Bonchev–Trinajstić information content (AvgIpc) is 3.40. The number of rotatable bonds is 7. The highest BCUT2D eigenvalue weighted by molar-refractivity contribution is 6.03. The smallest absolute Gasteiger partial charge is 0.338 e. The molecule has 4 rings (SSSR count). The van der Waals surface area contributed by atoms with Gasteiger partial charge in [0.15, 0.2) is 11.5 Å². The van der Waals surface area contributed by atoms with E-state index in [-0.39, 0.29) is 17.8 Å². The molecule has 2 aromatic carbocycles. The van der Waals surface area contributed by atoms with Crippen LogP contribution in [0.3, 0.4) is 0 Å². The van der Waals surface area contributed by atoms with Gasteiger partial charge in [0.2, 0.25) is 0 Å². The molecule has 0 saturated carbocycles. The van der Waals surface area contributed by atoms with Crippen LogP contribution in [0.1, 0.15) is 53.1 Å². The molecule has 31 heavy (non-hydrogen) atoms. The summed E-state index contributed by atoms with van der Waals surface area (Å²) in [5.41, 5.74) is 3.11. The lowest BCUT2D eigenvalue weighted by Crippen LogP contribution is -2.12. The summed E-state index contributed by atoms with van der Waals surface area (Å²) < 4.78 is 16.3. The normalized spacial score (nSPS) is 14.6. The van der Waals surface area contributed by atoms with Crippen molar-refractivity contribution >= 4 is 17.6 Å². The van der Waals surface area contributed by atoms with Gasteiger partial charge in [0, 0.05) is 23.7 Å². The number of nitrogens with zero attached hydrogens (tertiary/aromatic N) is 1. The quantitative estimate of drug-likeness (QED) is 0.433. The van der Waals surface area contributed by atoms with Gasteiger partial charge in [-0.05, 0) is 61.4 Å². The van der Waals surface area contributed by atoms with Gasteiger partial charge < -0.3 is 19.3 Å². The highest BCUT2D eigenvalue weighted by atomic mass is 16.5. The number of unbranched alkanes of at least 4 members (excludes halogenated alkanes) is 1. The van der Waals surface area contributed by atoms with Crippen molar-refractivity contribution in [2.45, 2.75) is 39.2 Å². The fourth-order valence-corrected chi connectivity index (χ4v) is 3.37. The van der Waals surface area contributed by atoms with Crippen LogP contribution < -0.4 is 10.1 Å². The van der Waals surface area contributed by atoms with Gasteiger partial charge in [-0.15, -0.1) is 0 Å². The molecule has 0 spiro atoms. The molecular formula is C24H24N2O5. The molecule has 0 fully saturated rings. The van der Waals surface area contributed by atoms with Gasteiger partial charge in [-0.3, -0.25) is 4.79 Å². The van der Waals surface area contributed by atoms with E-state index < -0.39 is 5.91 Å². The first-order valence-electron chi connectivity index (χ1n) is 10.4. The van der Waals surface area contributed by atoms with E-state index in [1.54, 1.807) is 30.3 Å². The Balaban J connectivity index is 1.39. The van der Waals surface area contributed by atoms with Gasteiger partial charge in [0.1, 0.15) is 11.9 Å². The number of amides is 1. The molecule has 2 heterocycles. The lowest BCUT2D eigenvalue weighted by molar-refractivity contribution is 0.0499. The minimum atomic E-state index is -0.397.